The van der Waals surface area contributed by atoms with Crippen LogP contribution in [0, 0.1) is 0 Å². The van der Waals surface area contributed by atoms with E-state index in [9.17, 15) is 4.79 Å². The number of carbonyl (C=O) groups is 1. The molecule has 0 bridgehead atoms. The highest BCUT2D eigenvalue weighted by Gasteiger charge is 2.07. The number of amides is 1. The summed E-state index contributed by atoms with van der Waals surface area (Å²) in [4.78, 5) is 11.2. The first-order valence-electron chi connectivity index (χ1n) is 7.05. The zero-order valence-electron chi connectivity index (χ0n) is 12.4. The molecule has 0 spiro atoms. The number of allylic oxidation sites excluding steroid dienone is 1. The Bertz CT molecular complexity index is 482. The Morgan fingerprint density at radius 3 is 2.52 bits per heavy atom. The smallest absolute Gasteiger partial charge is 0.247 e. The van der Waals surface area contributed by atoms with E-state index in [1.54, 1.807) is 0 Å². The van der Waals surface area contributed by atoms with E-state index in [0.29, 0.717) is 0 Å². The zero-order chi connectivity index (χ0) is 15.5. The van der Waals surface area contributed by atoms with Crippen molar-refractivity contribution in [3.63, 3.8) is 0 Å². The van der Waals surface area contributed by atoms with Crippen LogP contribution in [0.5, 0.6) is 0 Å². The van der Waals surface area contributed by atoms with Crippen LogP contribution < -0.4 is 10.5 Å². The second-order valence-electron chi connectivity index (χ2n) is 4.71. The fraction of sp³-hybridized carbons (Fsp3) is 0.235. The first-order valence-corrected chi connectivity index (χ1v) is 8.33. The molecule has 21 heavy (non-hydrogen) atoms. The molecule has 0 heterocycles. The third-order valence-electron chi connectivity index (χ3n) is 3.01. The molecule has 0 aliphatic heterocycles. The third-order valence-corrected chi connectivity index (χ3v) is 4.46. The van der Waals surface area contributed by atoms with E-state index in [4.69, 9.17) is 4.43 Å². The molecule has 0 radical (unpaired) electrons. The molecule has 1 N–H and O–H groups in total. The Morgan fingerprint density at radius 2 is 1.95 bits per heavy atom. The van der Waals surface area contributed by atoms with Gasteiger partial charge in [0, 0.05) is 11.8 Å². The molecular weight excluding hydrogens is 278 g/mol. The number of nitrogens with one attached hydrogen (secondary N) is 1. The van der Waals surface area contributed by atoms with E-state index in [2.05, 4.69) is 25.1 Å². The highest BCUT2D eigenvalue weighted by molar-refractivity contribution is 6.47. The fourth-order valence-corrected chi connectivity index (χ4v) is 3.01. The van der Waals surface area contributed by atoms with Crippen LogP contribution in [-0.4, -0.2) is 21.8 Å². The molecule has 1 aromatic carbocycles. The molecule has 1 atom stereocenters. The SMILES string of the molecule is C=CCCC(CC=C)O[SiH2]c1ccc(NC(=O)C=C)cc1. The van der Waals surface area contributed by atoms with Crippen molar-refractivity contribution in [1.29, 1.82) is 0 Å². The summed E-state index contributed by atoms with van der Waals surface area (Å²) in [5.41, 5.74) is 0.770. The molecule has 3 nitrogen and oxygen atoms in total. The van der Waals surface area contributed by atoms with E-state index in [1.165, 1.54) is 11.3 Å². The van der Waals surface area contributed by atoms with E-state index in [1.807, 2.05) is 36.4 Å². The number of hydrogen-bond acceptors (Lipinski definition) is 2. The van der Waals surface area contributed by atoms with Crippen molar-refractivity contribution in [2.45, 2.75) is 25.4 Å². The maximum atomic E-state index is 11.2. The molecule has 1 unspecified atom stereocenters. The van der Waals surface area contributed by atoms with Gasteiger partial charge in [-0.2, -0.15) is 0 Å². The van der Waals surface area contributed by atoms with E-state index < -0.39 is 9.76 Å². The Kier molecular flexibility index (Phi) is 8.09. The second-order valence-corrected chi connectivity index (χ2v) is 6.15. The molecule has 0 fully saturated rings. The highest BCUT2D eigenvalue weighted by Crippen LogP contribution is 2.08. The molecule has 112 valence electrons. The molecule has 0 saturated carbocycles. The van der Waals surface area contributed by atoms with E-state index in [-0.39, 0.29) is 12.0 Å². The average Bonchev–Trinajstić information content (AvgIpc) is 2.51. The van der Waals surface area contributed by atoms with Crippen LogP contribution in [0.1, 0.15) is 19.3 Å². The molecule has 0 aliphatic carbocycles. The molecule has 1 aromatic rings. The van der Waals surface area contributed by atoms with Crippen LogP contribution in [0.25, 0.3) is 0 Å². The minimum atomic E-state index is -0.770. The quantitative estimate of drug-likeness (QED) is 0.409. The average molecular weight is 301 g/mol. The second kappa shape index (κ2) is 9.91. The molecular formula is C17H23NO2Si. The molecule has 0 aliphatic rings. The summed E-state index contributed by atoms with van der Waals surface area (Å²) >= 11 is 0. The number of benzene rings is 1. The highest BCUT2D eigenvalue weighted by atomic mass is 28.2. The Labute approximate surface area is 129 Å². The van der Waals surface area contributed by atoms with Crippen LogP contribution in [0.4, 0.5) is 5.69 Å². The lowest BCUT2D eigenvalue weighted by atomic mass is 10.1. The van der Waals surface area contributed by atoms with Gasteiger partial charge < -0.3 is 9.74 Å². The predicted molar refractivity (Wildman–Crippen MR) is 92.6 cm³/mol. The minimum absolute atomic E-state index is 0.202. The van der Waals surface area contributed by atoms with Gasteiger partial charge in [-0.15, -0.1) is 13.2 Å². The Hall–Kier alpha value is -1.91. The molecule has 1 rings (SSSR count). The maximum absolute atomic E-state index is 11.2. The molecule has 4 heteroatoms. The van der Waals surface area contributed by atoms with Crippen LogP contribution >= 0.6 is 0 Å². The van der Waals surface area contributed by atoms with Crippen LogP contribution in [0.3, 0.4) is 0 Å². The lowest BCUT2D eigenvalue weighted by molar-refractivity contribution is -0.111. The standard InChI is InChI=1S/C17H23NO2Si/c1-4-7-9-15(8-5-2)20-21-16-12-10-14(11-13-16)18-17(19)6-3/h4-6,10-13,15H,1-3,7-9,21H2,(H,18,19). The van der Waals surface area contributed by atoms with E-state index in [0.717, 1.165) is 24.9 Å². The molecule has 0 aromatic heterocycles. The Morgan fingerprint density at radius 1 is 1.24 bits per heavy atom. The van der Waals surface area contributed by atoms with Crippen molar-refractivity contribution in [2.75, 3.05) is 5.32 Å². The maximum Gasteiger partial charge on any atom is 0.247 e. The van der Waals surface area contributed by atoms with Crippen molar-refractivity contribution in [1.82, 2.24) is 0 Å². The van der Waals surface area contributed by atoms with Gasteiger partial charge in [0.25, 0.3) is 0 Å². The summed E-state index contributed by atoms with van der Waals surface area (Å²) in [7, 11) is -0.770. The number of carbonyl (C=O) groups excluding carboxylic acids is 1. The first-order chi connectivity index (χ1) is 10.2. The predicted octanol–water partition coefficient (Wildman–Crippen LogP) is 2.45. The normalized spacial score (nSPS) is 12.0. The third kappa shape index (κ3) is 6.88. The number of hydrogen-bond donors (Lipinski definition) is 1. The summed E-state index contributed by atoms with van der Waals surface area (Å²) in [6.45, 7) is 10.9. The summed E-state index contributed by atoms with van der Waals surface area (Å²) in [5.74, 6) is -0.202. The van der Waals surface area contributed by atoms with Gasteiger partial charge in [0.1, 0.15) is 0 Å². The summed E-state index contributed by atoms with van der Waals surface area (Å²) in [5, 5.41) is 3.93. The van der Waals surface area contributed by atoms with Crippen molar-refractivity contribution < 1.29 is 9.22 Å². The number of rotatable bonds is 10. The molecule has 0 saturated heterocycles. The van der Waals surface area contributed by atoms with Crippen LogP contribution in [0.2, 0.25) is 0 Å². The van der Waals surface area contributed by atoms with Gasteiger partial charge in [-0.3, -0.25) is 4.79 Å². The monoisotopic (exact) mass is 301 g/mol. The minimum Gasteiger partial charge on any atom is -0.415 e. The fourth-order valence-electron chi connectivity index (χ4n) is 1.85. The summed E-state index contributed by atoms with van der Waals surface area (Å²) < 4.78 is 6.03. The lowest BCUT2D eigenvalue weighted by Crippen LogP contribution is -2.24. The molecule has 1 amide bonds. The van der Waals surface area contributed by atoms with Gasteiger partial charge in [-0.25, -0.2) is 0 Å². The van der Waals surface area contributed by atoms with Crippen molar-refractivity contribution in [2.24, 2.45) is 0 Å². The van der Waals surface area contributed by atoms with Crippen LogP contribution in [-0.2, 0) is 9.22 Å². The van der Waals surface area contributed by atoms with Gasteiger partial charge in [0.2, 0.25) is 5.91 Å². The van der Waals surface area contributed by atoms with Gasteiger partial charge in [0.15, 0.2) is 9.76 Å². The van der Waals surface area contributed by atoms with Gasteiger partial charge in [-0.05, 0) is 42.7 Å². The van der Waals surface area contributed by atoms with Crippen molar-refractivity contribution in [3.05, 3.63) is 62.2 Å². The largest absolute Gasteiger partial charge is 0.415 e. The summed E-state index contributed by atoms with van der Waals surface area (Å²) in [6.07, 6.45) is 8.11. The van der Waals surface area contributed by atoms with Gasteiger partial charge in [-0.1, -0.05) is 30.9 Å². The van der Waals surface area contributed by atoms with Gasteiger partial charge in [0.05, 0.1) is 0 Å². The van der Waals surface area contributed by atoms with E-state index >= 15 is 0 Å². The first kappa shape index (κ1) is 17.1. The van der Waals surface area contributed by atoms with Crippen LogP contribution in [0.15, 0.2) is 62.2 Å². The Balaban J connectivity index is 2.49. The van der Waals surface area contributed by atoms with Crippen molar-refractivity contribution >= 4 is 26.5 Å². The van der Waals surface area contributed by atoms with Crippen molar-refractivity contribution in [3.8, 4) is 0 Å². The zero-order valence-corrected chi connectivity index (χ0v) is 13.8. The summed E-state index contributed by atoms with van der Waals surface area (Å²) in [6, 6.07) is 7.78. The lowest BCUT2D eigenvalue weighted by Gasteiger charge is -2.16. The topological polar surface area (TPSA) is 38.3 Å². The number of anilines is 1. The van der Waals surface area contributed by atoms with Gasteiger partial charge >= 0.3 is 0 Å².